The minimum atomic E-state index is -1.69. The van der Waals surface area contributed by atoms with Crippen molar-refractivity contribution >= 4 is 5.97 Å². The van der Waals surface area contributed by atoms with Crippen molar-refractivity contribution in [3.8, 4) is 0 Å². The number of carbonyl (C=O) groups is 1. The molecule has 2 aliphatic heterocycles. The molecule has 53 heavy (non-hydrogen) atoms. The normalized spacial score (nSPS) is 55.1. The van der Waals surface area contributed by atoms with Gasteiger partial charge in [-0.25, -0.2) is 0 Å². The zero-order valence-corrected chi connectivity index (χ0v) is 32.7. The molecular weight excluding hydrogens is 684 g/mol. The number of rotatable bonds is 6. The highest BCUT2D eigenvalue weighted by molar-refractivity contribution is 5.76. The van der Waals surface area contributed by atoms with Crippen molar-refractivity contribution in [2.75, 3.05) is 13.2 Å². The van der Waals surface area contributed by atoms with E-state index in [9.17, 15) is 40.5 Å². The Balaban J connectivity index is 1.11. The molecule has 302 valence electrons. The number of allylic oxidation sites excluding steroid dienone is 2. The molecule has 0 aromatic rings. The molecule has 0 bridgehead atoms. The maximum atomic E-state index is 13.1. The van der Waals surface area contributed by atoms with Gasteiger partial charge < -0.3 is 54.7 Å². The SMILES string of the molecule is CC1=CCC2(C(=O)O)CCC3(C)C(CCC4C5(C)CCC(OC6OCC(O)C(O)C6OC6OC(CO)C(O)C(O)C6O)C(C)(C)C5CCC43C)C2C1C. The zero-order valence-electron chi connectivity index (χ0n) is 32.7. The molecule has 5 aliphatic carbocycles. The topological polar surface area (TPSA) is 196 Å². The Hall–Kier alpha value is -1.19. The van der Waals surface area contributed by atoms with Crippen LogP contribution < -0.4 is 0 Å². The van der Waals surface area contributed by atoms with Crippen molar-refractivity contribution in [3.63, 3.8) is 0 Å². The Morgan fingerprint density at radius 3 is 2.23 bits per heavy atom. The summed E-state index contributed by atoms with van der Waals surface area (Å²) < 4.78 is 24.3. The fourth-order valence-electron chi connectivity index (χ4n) is 14.0. The lowest BCUT2D eigenvalue weighted by atomic mass is 9.31. The van der Waals surface area contributed by atoms with Crippen LogP contribution >= 0.6 is 0 Å². The standard InChI is InChI=1S/C41H66O12/c1-20-10-15-41(36(48)49)17-16-39(6)22(28(41)21(20)2)8-9-26-38(5)13-12-27(37(3,4)25(38)11-14-40(26,39)7)52-35-33(29(44)23(43)19-50-35)53-34-32(47)31(46)30(45)24(18-42)51-34/h10,21-35,42-47H,8-9,11-19H2,1-7H3,(H,48,49). The van der Waals surface area contributed by atoms with Crippen LogP contribution in [0.25, 0.3) is 0 Å². The highest BCUT2D eigenvalue weighted by atomic mass is 16.8. The van der Waals surface area contributed by atoms with Gasteiger partial charge in [-0.2, -0.15) is 0 Å². The van der Waals surface area contributed by atoms with Crippen LogP contribution in [-0.2, 0) is 23.7 Å². The quantitative estimate of drug-likeness (QED) is 0.155. The van der Waals surface area contributed by atoms with Crippen LogP contribution in [0, 0.1) is 56.7 Å². The van der Waals surface area contributed by atoms with Crippen LogP contribution in [0.4, 0.5) is 0 Å². The summed E-state index contributed by atoms with van der Waals surface area (Å²) >= 11 is 0. The van der Waals surface area contributed by atoms with Crippen molar-refractivity contribution in [1.82, 2.24) is 0 Å². The molecule has 0 radical (unpaired) electrons. The number of carboxylic acids is 1. The predicted molar refractivity (Wildman–Crippen MR) is 192 cm³/mol. The molecule has 0 aromatic carbocycles. The first-order chi connectivity index (χ1) is 24.8. The van der Waals surface area contributed by atoms with E-state index in [0.29, 0.717) is 24.2 Å². The second-order valence-electron chi connectivity index (χ2n) is 19.6. The number of carboxylic acid groups (broad SMARTS) is 1. The van der Waals surface area contributed by atoms with Gasteiger partial charge in [0.1, 0.15) is 42.7 Å². The van der Waals surface area contributed by atoms with E-state index in [4.69, 9.17) is 18.9 Å². The van der Waals surface area contributed by atoms with Gasteiger partial charge in [0.15, 0.2) is 12.6 Å². The van der Waals surface area contributed by atoms with E-state index in [-0.39, 0.29) is 46.2 Å². The predicted octanol–water partition coefficient (Wildman–Crippen LogP) is 3.38. The van der Waals surface area contributed by atoms with E-state index < -0.39 is 73.3 Å². The van der Waals surface area contributed by atoms with Crippen LogP contribution in [0.5, 0.6) is 0 Å². The van der Waals surface area contributed by atoms with Crippen LogP contribution in [0.1, 0.15) is 106 Å². The van der Waals surface area contributed by atoms with E-state index in [1.807, 2.05) is 0 Å². The number of aliphatic hydroxyl groups excluding tert-OH is 6. The number of ether oxygens (including phenoxy) is 4. The van der Waals surface area contributed by atoms with Crippen molar-refractivity contribution < 1.29 is 59.5 Å². The summed E-state index contributed by atoms with van der Waals surface area (Å²) in [6.07, 6.45) is -2.72. The molecule has 19 atom stereocenters. The van der Waals surface area contributed by atoms with Gasteiger partial charge >= 0.3 is 5.97 Å². The molecule has 0 amide bonds. The molecule has 2 saturated heterocycles. The lowest BCUT2D eigenvalue weighted by Crippen LogP contribution is -2.68. The summed E-state index contributed by atoms with van der Waals surface area (Å²) in [5.41, 5.74) is 0.452. The fourth-order valence-corrected chi connectivity index (χ4v) is 14.0. The van der Waals surface area contributed by atoms with Gasteiger partial charge in [-0.1, -0.05) is 53.2 Å². The first-order valence-electron chi connectivity index (χ1n) is 20.3. The van der Waals surface area contributed by atoms with Gasteiger partial charge in [0.05, 0.1) is 24.7 Å². The first kappa shape index (κ1) is 40.0. The van der Waals surface area contributed by atoms with Gasteiger partial charge in [-0.05, 0) is 116 Å². The van der Waals surface area contributed by atoms with Crippen LogP contribution in [0.3, 0.4) is 0 Å². The van der Waals surface area contributed by atoms with Gasteiger partial charge in [0.25, 0.3) is 0 Å². The number of aliphatic hydroxyl groups is 6. The van der Waals surface area contributed by atoms with E-state index in [2.05, 4.69) is 54.5 Å². The van der Waals surface area contributed by atoms with E-state index in [1.54, 1.807) is 0 Å². The lowest BCUT2D eigenvalue weighted by Gasteiger charge is -2.73. The van der Waals surface area contributed by atoms with Crippen molar-refractivity contribution in [2.45, 2.75) is 168 Å². The Labute approximate surface area is 314 Å². The minimum Gasteiger partial charge on any atom is -0.481 e. The molecule has 0 spiro atoms. The minimum absolute atomic E-state index is 0.0229. The Morgan fingerprint density at radius 2 is 1.55 bits per heavy atom. The van der Waals surface area contributed by atoms with Crippen molar-refractivity contribution in [1.29, 1.82) is 0 Å². The Morgan fingerprint density at radius 1 is 0.830 bits per heavy atom. The first-order valence-corrected chi connectivity index (χ1v) is 20.3. The number of hydrogen-bond donors (Lipinski definition) is 7. The van der Waals surface area contributed by atoms with Gasteiger partial charge in [0, 0.05) is 0 Å². The maximum Gasteiger partial charge on any atom is 0.310 e. The summed E-state index contributed by atoms with van der Waals surface area (Å²) in [6, 6.07) is 0. The molecule has 2 heterocycles. The number of fused-ring (bicyclic) bond motifs is 7. The second-order valence-corrected chi connectivity index (χ2v) is 19.6. The Kier molecular flexibility index (Phi) is 10.4. The van der Waals surface area contributed by atoms with E-state index in [1.165, 1.54) is 5.57 Å². The van der Waals surface area contributed by atoms with E-state index >= 15 is 0 Å². The number of hydrogen-bond acceptors (Lipinski definition) is 11. The lowest BCUT2D eigenvalue weighted by molar-refractivity contribution is -0.367. The second kappa shape index (κ2) is 13.7. The summed E-state index contributed by atoms with van der Waals surface area (Å²) in [6.45, 7) is 15.7. The third-order valence-electron chi connectivity index (χ3n) is 17.4. The van der Waals surface area contributed by atoms with Gasteiger partial charge in [-0.15, -0.1) is 0 Å². The van der Waals surface area contributed by atoms with Gasteiger partial charge in [0.2, 0.25) is 0 Å². The summed E-state index contributed by atoms with van der Waals surface area (Å²) in [7, 11) is 0. The third-order valence-corrected chi connectivity index (χ3v) is 17.4. The van der Waals surface area contributed by atoms with Crippen molar-refractivity contribution in [2.24, 2.45) is 56.7 Å². The summed E-state index contributed by atoms with van der Waals surface area (Å²) in [5, 5.41) is 73.4. The van der Waals surface area contributed by atoms with Crippen LogP contribution in [0.15, 0.2) is 11.6 Å². The average molecular weight is 751 g/mol. The van der Waals surface area contributed by atoms with Gasteiger partial charge in [-0.3, -0.25) is 4.79 Å². The molecule has 6 fully saturated rings. The smallest absolute Gasteiger partial charge is 0.310 e. The molecule has 4 saturated carbocycles. The number of aliphatic carboxylic acids is 1. The van der Waals surface area contributed by atoms with Crippen LogP contribution in [-0.4, -0.2) is 116 Å². The van der Waals surface area contributed by atoms with Crippen molar-refractivity contribution in [3.05, 3.63) is 11.6 Å². The maximum absolute atomic E-state index is 13.1. The molecule has 12 nitrogen and oxygen atoms in total. The summed E-state index contributed by atoms with van der Waals surface area (Å²) in [4.78, 5) is 13.1. The molecule has 7 aliphatic rings. The van der Waals surface area contributed by atoms with E-state index in [0.717, 1.165) is 51.4 Å². The highest BCUT2D eigenvalue weighted by Gasteiger charge is 2.71. The molecule has 0 aromatic heterocycles. The highest BCUT2D eigenvalue weighted by Crippen LogP contribution is 2.77. The molecular formula is C41H66O12. The molecule has 12 heteroatoms. The molecule has 7 N–H and O–H groups in total. The summed E-state index contributed by atoms with van der Waals surface area (Å²) in [5.74, 6) is 0.900. The largest absolute Gasteiger partial charge is 0.481 e. The molecule has 19 unspecified atom stereocenters. The Bertz CT molecular complexity index is 1420. The monoisotopic (exact) mass is 750 g/mol. The molecule has 7 rings (SSSR count). The fraction of sp³-hybridized carbons (Fsp3) is 0.927. The average Bonchev–Trinajstić information content (AvgIpc) is 3.10. The van der Waals surface area contributed by atoms with Crippen LogP contribution in [0.2, 0.25) is 0 Å². The third kappa shape index (κ3) is 5.77. The zero-order chi connectivity index (χ0) is 38.6.